The first-order valence-corrected chi connectivity index (χ1v) is 8.70. The fourth-order valence-electron chi connectivity index (χ4n) is 2.25. The van der Waals surface area contributed by atoms with Crippen LogP contribution >= 0.6 is 0 Å². The van der Waals surface area contributed by atoms with Gasteiger partial charge in [-0.2, -0.15) is 0 Å². The third-order valence-electron chi connectivity index (χ3n) is 3.60. The lowest BCUT2D eigenvalue weighted by Crippen LogP contribution is -2.27. The topological polar surface area (TPSA) is 80.3 Å². The summed E-state index contributed by atoms with van der Waals surface area (Å²) >= 11 is 0. The highest BCUT2D eigenvalue weighted by Gasteiger charge is 2.15. The first-order valence-electron chi connectivity index (χ1n) is 8.70. The van der Waals surface area contributed by atoms with Crippen LogP contribution in [0.15, 0.2) is 36.4 Å². The van der Waals surface area contributed by atoms with Crippen molar-refractivity contribution in [2.75, 3.05) is 18.5 Å². The van der Waals surface area contributed by atoms with Crippen LogP contribution < -0.4 is 15.4 Å². The Labute approximate surface area is 154 Å². The molecule has 1 heterocycles. The average Bonchev–Trinajstić information content (AvgIpc) is 2.60. The quantitative estimate of drug-likeness (QED) is 0.797. The zero-order valence-electron chi connectivity index (χ0n) is 15.6. The van der Waals surface area contributed by atoms with E-state index in [-0.39, 0.29) is 11.8 Å². The molecule has 1 aromatic heterocycles. The van der Waals surface area contributed by atoms with E-state index in [0.29, 0.717) is 41.8 Å². The Morgan fingerprint density at radius 1 is 1.08 bits per heavy atom. The number of aromatic nitrogens is 1. The predicted molar refractivity (Wildman–Crippen MR) is 102 cm³/mol. The standard InChI is InChI=1S/C20H25N3O3/c1-5-26-20-17(11-6-14(4)22-20)19(25)23-16-9-7-15(8-10-16)18(24)21-12-13(2)3/h6-11,13H,5,12H2,1-4H3,(H,21,24)(H,23,25). The summed E-state index contributed by atoms with van der Waals surface area (Å²) in [6.07, 6.45) is 0. The highest BCUT2D eigenvalue weighted by Crippen LogP contribution is 2.19. The van der Waals surface area contributed by atoms with Gasteiger partial charge in [0.1, 0.15) is 5.56 Å². The van der Waals surface area contributed by atoms with E-state index >= 15 is 0 Å². The second kappa shape index (κ2) is 8.99. The SMILES string of the molecule is CCOc1nc(C)ccc1C(=O)Nc1ccc(C(=O)NCC(C)C)cc1. The highest BCUT2D eigenvalue weighted by molar-refractivity contribution is 6.06. The maximum absolute atomic E-state index is 12.5. The molecule has 0 fully saturated rings. The van der Waals surface area contributed by atoms with E-state index in [4.69, 9.17) is 4.74 Å². The number of carbonyl (C=O) groups excluding carboxylic acids is 2. The first kappa shape index (κ1) is 19.4. The second-order valence-electron chi connectivity index (χ2n) is 6.37. The summed E-state index contributed by atoms with van der Waals surface area (Å²) in [5.41, 5.74) is 2.30. The number of nitrogens with one attached hydrogen (secondary N) is 2. The van der Waals surface area contributed by atoms with E-state index in [0.717, 1.165) is 5.69 Å². The molecule has 2 N–H and O–H groups in total. The van der Waals surface area contributed by atoms with E-state index in [1.807, 2.05) is 27.7 Å². The molecule has 0 aliphatic heterocycles. The summed E-state index contributed by atoms with van der Waals surface area (Å²) in [6.45, 7) is 8.81. The van der Waals surface area contributed by atoms with E-state index in [2.05, 4.69) is 15.6 Å². The van der Waals surface area contributed by atoms with Crippen LogP contribution in [0.1, 0.15) is 47.2 Å². The average molecular weight is 355 g/mol. The third kappa shape index (κ3) is 5.31. The van der Waals surface area contributed by atoms with Gasteiger partial charge in [-0.3, -0.25) is 9.59 Å². The number of aryl methyl sites for hydroxylation is 1. The number of amides is 2. The Balaban J connectivity index is 2.07. The van der Waals surface area contributed by atoms with Gasteiger partial charge < -0.3 is 15.4 Å². The number of carbonyl (C=O) groups is 2. The van der Waals surface area contributed by atoms with Crippen molar-refractivity contribution in [1.29, 1.82) is 0 Å². The molecule has 2 rings (SSSR count). The van der Waals surface area contributed by atoms with Gasteiger partial charge in [-0.05, 0) is 56.2 Å². The van der Waals surface area contributed by atoms with Gasteiger partial charge in [0.25, 0.3) is 11.8 Å². The largest absolute Gasteiger partial charge is 0.477 e. The Bertz CT molecular complexity index is 770. The molecule has 0 bridgehead atoms. The summed E-state index contributed by atoms with van der Waals surface area (Å²) in [6, 6.07) is 10.2. The van der Waals surface area contributed by atoms with E-state index in [9.17, 15) is 9.59 Å². The lowest BCUT2D eigenvalue weighted by Gasteiger charge is -2.11. The number of rotatable bonds is 7. The molecule has 0 saturated carbocycles. The van der Waals surface area contributed by atoms with Crippen molar-refractivity contribution in [2.45, 2.75) is 27.7 Å². The summed E-state index contributed by atoms with van der Waals surface area (Å²) in [7, 11) is 0. The van der Waals surface area contributed by atoms with Crippen LogP contribution in [0.4, 0.5) is 5.69 Å². The van der Waals surface area contributed by atoms with E-state index in [1.165, 1.54) is 0 Å². The van der Waals surface area contributed by atoms with Crippen LogP contribution in [0.2, 0.25) is 0 Å². The molecule has 26 heavy (non-hydrogen) atoms. The highest BCUT2D eigenvalue weighted by atomic mass is 16.5. The van der Waals surface area contributed by atoms with Gasteiger partial charge in [-0.1, -0.05) is 13.8 Å². The van der Waals surface area contributed by atoms with Crippen molar-refractivity contribution in [1.82, 2.24) is 10.3 Å². The number of benzene rings is 1. The molecule has 6 nitrogen and oxygen atoms in total. The summed E-state index contributed by atoms with van der Waals surface area (Å²) < 4.78 is 5.45. The number of pyridine rings is 1. The van der Waals surface area contributed by atoms with Crippen LogP contribution in [0.5, 0.6) is 5.88 Å². The van der Waals surface area contributed by atoms with Gasteiger partial charge in [-0.15, -0.1) is 0 Å². The van der Waals surface area contributed by atoms with Crippen molar-refractivity contribution in [3.63, 3.8) is 0 Å². The van der Waals surface area contributed by atoms with Crippen LogP contribution in [0.3, 0.4) is 0 Å². The number of ether oxygens (including phenoxy) is 1. The van der Waals surface area contributed by atoms with Gasteiger partial charge >= 0.3 is 0 Å². The Morgan fingerprint density at radius 2 is 1.77 bits per heavy atom. The Hall–Kier alpha value is -2.89. The first-order chi connectivity index (χ1) is 12.4. The van der Waals surface area contributed by atoms with Crippen LogP contribution in [-0.2, 0) is 0 Å². The fraction of sp³-hybridized carbons (Fsp3) is 0.350. The summed E-state index contributed by atoms with van der Waals surface area (Å²) in [5, 5.41) is 5.66. The van der Waals surface area contributed by atoms with Gasteiger partial charge in [-0.25, -0.2) is 4.98 Å². The van der Waals surface area contributed by atoms with Gasteiger partial charge in [0, 0.05) is 23.5 Å². The second-order valence-corrected chi connectivity index (χ2v) is 6.37. The van der Waals surface area contributed by atoms with Crippen molar-refractivity contribution in [3.8, 4) is 5.88 Å². The molecule has 6 heteroatoms. The number of anilines is 1. The minimum atomic E-state index is -0.307. The molecule has 0 spiro atoms. The van der Waals surface area contributed by atoms with Crippen molar-refractivity contribution < 1.29 is 14.3 Å². The fourth-order valence-corrected chi connectivity index (χ4v) is 2.25. The number of hydrogen-bond acceptors (Lipinski definition) is 4. The van der Waals surface area contributed by atoms with Crippen molar-refractivity contribution >= 4 is 17.5 Å². The maximum atomic E-state index is 12.5. The van der Waals surface area contributed by atoms with E-state index in [1.54, 1.807) is 36.4 Å². The Morgan fingerprint density at radius 3 is 2.38 bits per heavy atom. The molecule has 0 aliphatic rings. The maximum Gasteiger partial charge on any atom is 0.261 e. The lowest BCUT2D eigenvalue weighted by atomic mass is 10.1. The summed E-state index contributed by atoms with van der Waals surface area (Å²) in [5.74, 6) is 0.269. The lowest BCUT2D eigenvalue weighted by molar-refractivity contribution is 0.0948. The molecule has 2 aromatic rings. The van der Waals surface area contributed by atoms with Gasteiger partial charge in [0.05, 0.1) is 6.61 Å². The normalized spacial score (nSPS) is 10.5. The molecule has 0 saturated heterocycles. The number of hydrogen-bond donors (Lipinski definition) is 2. The zero-order valence-corrected chi connectivity index (χ0v) is 15.6. The van der Waals surface area contributed by atoms with Gasteiger partial charge in [0.15, 0.2) is 0 Å². The monoisotopic (exact) mass is 355 g/mol. The number of nitrogens with zero attached hydrogens (tertiary/aromatic N) is 1. The van der Waals surface area contributed by atoms with E-state index < -0.39 is 0 Å². The summed E-state index contributed by atoms with van der Waals surface area (Å²) in [4.78, 5) is 28.8. The third-order valence-corrected chi connectivity index (χ3v) is 3.60. The zero-order chi connectivity index (χ0) is 19.1. The Kier molecular flexibility index (Phi) is 6.72. The molecule has 1 aromatic carbocycles. The molecule has 0 radical (unpaired) electrons. The predicted octanol–water partition coefficient (Wildman–Crippen LogP) is 3.43. The molecule has 0 aliphatic carbocycles. The minimum Gasteiger partial charge on any atom is -0.477 e. The van der Waals surface area contributed by atoms with Crippen LogP contribution in [0.25, 0.3) is 0 Å². The van der Waals surface area contributed by atoms with Crippen LogP contribution in [-0.4, -0.2) is 29.9 Å². The van der Waals surface area contributed by atoms with Crippen molar-refractivity contribution in [3.05, 3.63) is 53.2 Å². The van der Waals surface area contributed by atoms with Gasteiger partial charge in [0.2, 0.25) is 5.88 Å². The van der Waals surface area contributed by atoms with Crippen molar-refractivity contribution in [2.24, 2.45) is 5.92 Å². The minimum absolute atomic E-state index is 0.127. The smallest absolute Gasteiger partial charge is 0.261 e. The molecule has 0 atom stereocenters. The molecular weight excluding hydrogens is 330 g/mol. The molecule has 2 amide bonds. The molecule has 0 unspecified atom stereocenters. The van der Waals surface area contributed by atoms with Crippen LogP contribution in [0, 0.1) is 12.8 Å². The molecular formula is C20H25N3O3. The molecule has 138 valence electrons.